The van der Waals surface area contributed by atoms with Gasteiger partial charge in [0.05, 0.1) is 13.8 Å². The molecule has 2 aromatic heterocycles. The lowest BCUT2D eigenvalue weighted by atomic mass is 10.2. The Morgan fingerprint density at radius 2 is 1.71 bits per heavy atom. The van der Waals surface area contributed by atoms with Crippen LogP contribution in [-0.2, 0) is 0 Å². The fourth-order valence-electron chi connectivity index (χ4n) is 2.00. The van der Waals surface area contributed by atoms with Gasteiger partial charge in [0.25, 0.3) is 0 Å². The normalized spacial score (nSPS) is 12.8. The van der Waals surface area contributed by atoms with Gasteiger partial charge >= 0.3 is 0 Å². The molecule has 0 saturated carbocycles. The second kappa shape index (κ2) is 4.98. The zero-order valence-electron chi connectivity index (χ0n) is 12.7. The highest BCUT2D eigenvalue weighted by molar-refractivity contribution is 6.92. The molecule has 0 aliphatic carbocycles. The third-order valence-electron chi connectivity index (χ3n) is 4.29. The van der Waals surface area contributed by atoms with Crippen LogP contribution in [0.25, 0.3) is 11.4 Å². The first-order valence-electron chi connectivity index (χ1n) is 6.62. The standard InChI is InChI=1S/C14H18F3N3Si/c1-14(2,3)21(4,5)12-9(15)11(8-6-7-18-20-8)19-13(17)10(12)16/h6-7H,1-5H3,(H,18,20). The van der Waals surface area contributed by atoms with E-state index in [2.05, 4.69) is 15.2 Å². The van der Waals surface area contributed by atoms with Gasteiger partial charge in [0, 0.05) is 11.4 Å². The van der Waals surface area contributed by atoms with Gasteiger partial charge in [-0.25, -0.2) is 13.8 Å². The van der Waals surface area contributed by atoms with Crippen LogP contribution in [-0.4, -0.2) is 23.3 Å². The monoisotopic (exact) mass is 313 g/mol. The molecule has 1 N–H and O–H groups in total. The quantitative estimate of drug-likeness (QED) is 0.680. The molecule has 0 unspecified atom stereocenters. The van der Waals surface area contributed by atoms with E-state index >= 15 is 0 Å². The van der Waals surface area contributed by atoms with E-state index in [0.717, 1.165) is 0 Å². The number of nitrogens with zero attached hydrogens (tertiary/aromatic N) is 2. The van der Waals surface area contributed by atoms with Crippen LogP contribution in [0.5, 0.6) is 0 Å². The number of aromatic nitrogens is 3. The van der Waals surface area contributed by atoms with Crippen molar-refractivity contribution in [1.82, 2.24) is 15.2 Å². The van der Waals surface area contributed by atoms with Gasteiger partial charge in [-0.3, -0.25) is 5.10 Å². The van der Waals surface area contributed by atoms with Gasteiger partial charge in [-0.2, -0.15) is 9.49 Å². The Morgan fingerprint density at radius 1 is 1.10 bits per heavy atom. The van der Waals surface area contributed by atoms with E-state index in [1.165, 1.54) is 12.3 Å². The summed E-state index contributed by atoms with van der Waals surface area (Å²) in [6.07, 6.45) is 1.41. The number of halogens is 3. The SMILES string of the molecule is CC(C)(C)[Si](C)(C)c1c(F)c(F)nc(-c2ccn[nH]2)c1F. The second-order valence-electron chi connectivity index (χ2n) is 6.60. The summed E-state index contributed by atoms with van der Waals surface area (Å²) >= 11 is 0. The van der Waals surface area contributed by atoms with E-state index in [1.807, 2.05) is 33.9 Å². The zero-order chi connectivity index (χ0) is 16.0. The minimum atomic E-state index is -2.61. The van der Waals surface area contributed by atoms with Crippen LogP contribution in [0, 0.1) is 17.6 Å². The molecule has 0 aliphatic rings. The number of pyridine rings is 1. The van der Waals surface area contributed by atoms with Crippen molar-refractivity contribution in [2.45, 2.75) is 38.9 Å². The van der Waals surface area contributed by atoms with Crippen LogP contribution in [0.3, 0.4) is 0 Å². The molecule has 21 heavy (non-hydrogen) atoms. The third kappa shape index (κ3) is 2.50. The Balaban J connectivity index is 2.78. The van der Waals surface area contributed by atoms with Gasteiger partial charge in [-0.15, -0.1) is 0 Å². The van der Waals surface area contributed by atoms with Crippen molar-refractivity contribution in [3.63, 3.8) is 0 Å². The molecule has 2 rings (SSSR count). The number of H-pyrrole nitrogens is 1. The highest BCUT2D eigenvalue weighted by atomic mass is 28.3. The average molecular weight is 313 g/mol. The van der Waals surface area contributed by atoms with Crippen molar-refractivity contribution in [1.29, 1.82) is 0 Å². The number of aromatic amines is 1. The topological polar surface area (TPSA) is 41.6 Å². The highest BCUT2D eigenvalue weighted by Crippen LogP contribution is 2.37. The van der Waals surface area contributed by atoms with Crippen LogP contribution in [0.4, 0.5) is 13.2 Å². The third-order valence-corrected chi connectivity index (χ3v) is 9.73. The Kier molecular flexibility index (Phi) is 3.73. The smallest absolute Gasteiger partial charge is 0.249 e. The molecular weight excluding hydrogens is 295 g/mol. The second-order valence-corrected chi connectivity index (χ2v) is 11.8. The molecular formula is C14H18F3N3Si. The van der Waals surface area contributed by atoms with E-state index in [1.54, 1.807) is 0 Å². The molecule has 0 aliphatic heterocycles. The molecule has 0 aromatic carbocycles. The molecule has 2 heterocycles. The lowest BCUT2D eigenvalue weighted by Gasteiger charge is -2.37. The Bertz CT molecular complexity index is 661. The number of hydrogen-bond acceptors (Lipinski definition) is 2. The first-order valence-corrected chi connectivity index (χ1v) is 9.62. The van der Waals surface area contributed by atoms with Crippen LogP contribution in [0.2, 0.25) is 18.1 Å². The Labute approximate surface area is 122 Å². The summed E-state index contributed by atoms with van der Waals surface area (Å²) < 4.78 is 42.9. The molecule has 2 aromatic rings. The lowest BCUT2D eigenvalue weighted by molar-refractivity contribution is 0.472. The largest absolute Gasteiger partial charge is 0.276 e. The van der Waals surface area contributed by atoms with E-state index in [9.17, 15) is 13.2 Å². The Hall–Kier alpha value is -1.63. The Morgan fingerprint density at radius 3 is 2.19 bits per heavy atom. The molecule has 0 radical (unpaired) electrons. The average Bonchev–Trinajstić information content (AvgIpc) is 2.85. The minimum Gasteiger partial charge on any atom is -0.276 e. The van der Waals surface area contributed by atoms with E-state index in [-0.39, 0.29) is 21.6 Å². The lowest BCUT2D eigenvalue weighted by Crippen LogP contribution is -2.53. The predicted molar refractivity (Wildman–Crippen MR) is 78.5 cm³/mol. The molecule has 0 spiro atoms. The van der Waals surface area contributed by atoms with Crippen molar-refractivity contribution in [3.05, 3.63) is 29.8 Å². The molecule has 0 bridgehead atoms. The van der Waals surface area contributed by atoms with Gasteiger partial charge in [0.1, 0.15) is 5.69 Å². The minimum absolute atomic E-state index is 0.160. The van der Waals surface area contributed by atoms with E-state index < -0.39 is 25.7 Å². The molecule has 0 fully saturated rings. The summed E-state index contributed by atoms with van der Waals surface area (Å²) in [5.74, 6) is -3.26. The van der Waals surface area contributed by atoms with Gasteiger partial charge in [0.15, 0.2) is 11.6 Å². The highest BCUT2D eigenvalue weighted by Gasteiger charge is 2.43. The maximum Gasteiger partial charge on any atom is 0.249 e. The van der Waals surface area contributed by atoms with Gasteiger partial charge in [-0.05, 0) is 11.1 Å². The van der Waals surface area contributed by atoms with Crippen molar-refractivity contribution >= 4 is 13.3 Å². The molecule has 0 amide bonds. The molecule has 7 heteroatoms. The van der Waals surface area contributed by atoms with Crippen LogP contribution in [0.15, 0.2) is 12.3 Å². The molecule has 114 valence electrons. The first kappa shape index (κ1) is 15.8. The summed E-state index contributed by atoms with van der Waals surface area (Å²) in [6.45, 7) is 9.38. The van der Waals surface area contributed by atoms with Gasteiger partial charge < -0.3 is 0 Å². The van der Waals surface area contributed by atoms with Gasteiger partial charge in [0.2, 0.25) is 5.95 Å². The van der Waals surface area contributed by atoms with E-state index in [4.69, 9.17) is 0 Å². The summed E-state index contributed by atoms with van der Waals surface area (Å²) in [4.78, 5) is 3.41. The zero-order valence-corrected chi connectivity index (χ0v) is 13.7. The fourth-order valence-corrected chi connectivity index (χ4v) is 4.07. The summed E-state index contributed by atoms with van der Waals surface area (Å²) in [5.41, 5.74) is -0.00224. The van der Waals surface area contributed by atoms with Crippen molar-refractivity contribution in [3.8, 4) is 11.4 Å². The van der Waals surface area contributed by atoms with Crippen LogP contribution in [0.1, 0.15) is 20.8 Å². The molecule has 0 saturated heterocycles. The summed E-state index contributed by atoms with van der Waals surface area (Å²) in [7, 11) is -2.61. The summed E-state index contributed by atoms with van der Waals surface area (Å²) in [5, 5.41) is 5.73. The first-order chi connectivity index (χ1) is 9.57. The van der Waals surface area contributed by atoms with Crippen molar-refractivity contribution in [2.75, 3.05) is 0 Å². The van der Waals surface area contributed by atoms with Crippen LogP contribution >= 0.6 is 0 Å². The number of rotatable bonds is 2. The van der Waals surface area contributed by atoms with Crippen molar-refractivity contribution < 1.29 is 13.2 Å². The summed E-state index contributed by atoms with van der Waals surface area (Å²) in [6, 6.07) is 1.47. The maximum atomic E-state index is 14.8. The predicted octanol–water partition coefficient (Wildman–Crippen LogP) is 3.60. The number of nitrogens with one attached hydrogen (secondary N) is 1. The molecule has 0 atom stereocenters. The van der Waals surface area contributed by atoms with Crippen molar-refractivity contribution in [2.24, 2.45) is 0 Å². The molecule has 3 nitrogen and oxygen atoms in total. The maximum absolute atomic E-state index is 14.8. The number of hydrogen-bond donors (Lipinski definition) is 1. The van der Waals surface area contributed by atoms with E-state index in [0.29, 0.717) is 0 Å². The van der Waals surface area contributed by atoms with Gasteiger partial charge in [-0.1, -0.05) is 33.9 Å². The van der Waals surface area contributed by atoms with Crippen LogP contribution < -0.4 is 5.19 Å². The fraction of sp³-hybridized carbons (Fsp3) is 0.429.